The highest BCUT2D eigenvalue weighted by molar-refractivity contribution is 5.25. The highest BCUT2D eigenvalue weighted by Crippen LogP contribution is 2.67. The number of aliphatic hydroxyl groups excluding tert-OH is 1. The summed E-state index contributed by atoms with van der Waals surface area (Å²) in [5.74, 6) is 5.52. The van der Waals surface area contributed by atoms with Crippen molar-refractivity contribution in [3.05, 3.63) is 11.6 Å². The van der Waals surface area contributed by atoms with Crippen molar-refractivity contribution < 1.29 is 5.11 Å². The minimum absolute atomic E-state index is 0.170. The molecule has 3 unspecified atom stereocenters. The molecular formula is C27H46O. The summed E-state index contributed by atoms with van der Waals surface area (Å²) in [5, 5.41) is 10.2. The van der Waals surface area contributed by atoms with Crippen molar-refractivity contribution >= 4 is 0 Å². The summed E-state index contributed by atoms with van der Waals surface area (Å²) in [4.78, 5) is 0. The molecule has 0 radical (unpaired) electrons. The molecule has 1 nitrogen and oxygen atoms in total. The molecule has 0 heterocycles. The number of fused-ring (bicyclic) bond motifs is 5. The highest BCUT2D eigenvalue weighted by atomic mass is 16.3. The monoisotopic (exact) mass is 386 g/mol. The van der Waals surface area contributed by atoms with Crippen LogP contribution in [0.5, 0.6) is 0 Å². The molecule has 0 aliphatic heterocycles. The van der Waals surface area contributed by atoms with E-state index < -0.39 is 0 Å². The second-order valence-corrected chi connectivity index (χ2v) is 12.2. The van der Waals surface area contributed by atoms with Crippen molar-refractivity contribution in [1.82, 2.24) is 0 Å². The van der Waals surface area contributed by atoms with Gasteiger partial charge in [0.25, 0.3) is 0 Å². The summed E-state index contributed by atoms with van der Waals surface area (Å²) >= 11 is 0. The lowest BCUT2D eigenvalue weighted by Crippen LogP contribution is -2.51. The van der Waals surface area contributed by atoms with E-state index in [0.717, 1.165) is 41.9 Å². The molecule has 3 fully saturated rings. The van der Waals surface area contributed by atoms with E-state index >= 15 is 0 Å². The van der Waals surface area contributed by atoms with Gasteiger partial charge in [0, 0.05) is 0 Å². The number of hydrogen-bond acceptors (Lipinski definition) is 1. The van der Waals surface area contributed by atoms with E-state index in [1.807, 2.05) is 0 Å². The zero-order valence-corrected chi connectivity index (χ0v) is 19.3. The smallest absolute Gasteiger partial charge is 0.0724 e. The first-order valence-corrected chi connectivity index (χ1v) is 12.6. The second-order valence-electron chi connectivity index (χ2n) is 12.2. The predicted octanol–water partition coefficient (Wildman–Crippen LogP) is 7.39. The molecule has 0 aromatic rings. The van der Waals surface area contributed by atoms with Gasteiger partial charge in [0.1, 0.15) is 0 Å². The molecule has 1 heteroatoms. The van der Waals surface area contributed by atoms with Crippen molar-refractivity contribution in [2.45, 2.75) is 111 Å². The topological polar surface area (TPSA) is 20.2 Å². The van der Waals surface area contributed by atoms with Crippen LogP contribution in [0.2, 0.25) is 0 Å². The van der Waals surface area contributed by atoms with Gasteiger partial charge in [-0.25, -0.2) is 0 Å². The first-order chi connectivity index (χ1) is 13.3. The Morgan fingerprint density at radius 2 is 1.75 bits per heavy atom. The summed E-state index contributed by atoms with van der Waals surface area (Å²) < 4.78 is 0. The first kappa shape index (κ1) is 21.0. The molecule has 8 atom stereocenters. The fraction of sp³-hybridized carbons (Fsp3) is 0.926. The van der Waals surface area contributed by atoms with Gasteiger partial charge in [0.2, 0.25) is 0 Å². The van der Waals surface area contributed by atoms with Gasteiger partial charge < -0.3 is 5.11 Å². The molecule has 0 spiro atoms. The van der Waals surface area contributed by atoms with Gasteiger partial charge in [-0.1, -0.05) is 65.5 Å². The zero-order valence-electron chi connectivity index (χ0n) is 19.3. The molecule has 0 bridgehead atoms. The number of hydrogen-bond donors (Lipinski definition) is 1. The van der Waals surface area contributed by atoms with Crippen LogP contribution in [-0.2, 0) is 0 Å². The minimum Gasteiger partial charge on any atom is -0.389 e. The Morgan fingerprint density at radius 3 is 2.50 bits per heavy atom. The molecule has 4 rings (SSSR count). The van der Waals surface area contributed by atoms with Crippen LogP contribution in [0.1, 0.15) is 105 Å². The van der Waals surface area contributed by atoms with E-state index in [4.69, 9.17) is 0 Å². The van der Waals surface area contributed by atoms with E-state index in [9.17, 15) is 5.11 Å². The standard InChI is InChI=1S/C27H46O/c1-18(2)7-6-8-19(3)23-11-12-24-22-10-9-20-17-21(28)13-15-26(20,4)25(22)14-16-27(23,24)5/h17-19,21-25,28H,6-16H2,1-5H3/t19-,21+,22?,23-,24?,25?,26+,27-/m1/s1. The van der Waals surface area contributed by atoms with Crippen LogP contribution in [0.4, 0.5) is 0 Å². The van der Waals surface area contributed by atoms with Crippen LogP contribution in [-0.4, -0.2) is 11.2 Å². The van der Waals surface area contributed by atoms with Crippen molar-refractivity contribution in [2.75, 3.05) is 0 Å². The maximum absolute atomic E-state index is 10.2. The summed E-state index contributed by atoms with van der Waals surface area (Å²) in [6.45, 7) is 12.6. The van der Waals surface area contributed by atoms with Gasteiger partial charge in [-0.15, -0.1) is 0 Å². The van der Waals surface area contributed by atoms with E-state index in [0.29, 0.717) is 10.8 Å². The third kappa shape index (κ3) is 3.42. The molecule has 28 heavy (non-hydrogen) atoms. The fourth-order valence-electron chi connectivity index (χ4n) is 8.73. The quantitative estimate of drug-likeness (QED) is 0.488. The zero-order chi connectivity index (χ0) is 20.1. The predicted molar refractivity (Wildman–Crippen MR) is 119 cm³/mol. The average molecular weight is 387 g/mol. The lowest BCUT2D eigenvalue weighted by Gasteiger charge is -2.59. The van der Waals surface area contributed by atoms with Gasteiger partial charge >= 0.3 is 0 Å². The third-order valence-electron chi connectivity index (χ3n) is 10.3. The SMILES string of the molecule is CC(C)CCC[C@@H](C)[C@H]1CCC2C3CCC4=C[C@@H](O)CC[C@]4(C)C3CC[C@@]21C. The molecule has 160 valence electrons. The summed E-state index contributed by atoms with van der Waals surface area (Å²) in [6.07, 6.45) is 17.1. The van der Waals surface area contributed by atoms with E-state index in [2.05, 4.69) is 40.7 Å². The van der Waals surface area contributed by atoms with E-state index in [1.165, 1.54) is 64.2 Å². The molecule has 3 saturated carbocycles. The fourth-order valence-corrected chi connectivity index (χ4v) is 8.73. The first-order valence-electron chi connectivity index (χ1n) is 12.6. The van der Waals surface area contributed by atoms with Gasteiger partial charge in [0.05, 0.1) is 6.10 Å². The Hall–Kier alpha value is -0.300. The lowest BCUT2D eigenvalue weighted by atomic mass is 9.46. The van der Waals surface area contributed by atoms with Crippen molar-refractivity contribution in [3.63, 3.8) is 0 Å². The summed E-state index contributed by atoms with van der Waals surface area (Å²) in [6, 6.07) is 0. The maximum Gasteiger partial charge on any atom is 0.0724 e. The lowest BCUT2D eigenvalue weighted by molar-refractivity contribution is -0.0626. The second kappa shape index (κ2) is 7.75. The van der Waals surface area contributed by atoms with Crippen LogP contribution in [0.15, 0.2) is 11.6 Å². The molecule has 0 aromatic heterocycles. The molecule has 0 amide bonds. The molecule has 0 aromatic carbocycles. The van der Waals surface area contributed by atoms with Crippen molar-refractivity contribution in [3.8, 4) is 0 Å². The van der Waals surface area contributed by atoms with Gasteiger partial charge in [0.15, 0.2) is 0 Å². The minimum atomic E-state index is -0.170. The van der Waals surface area contributed by atoms with Crippen LogP contribution in [0.3, 0.4) is 0 Å². The van der Waals surface area contributed by atoms with E-state index in [-0.39, 0.29) is 6.10 Å². The third-order valence-corrected chi connectivity index (χ3v) is 10.3. The average Bonchev–Trinajstić information content (AvgIpc) is 2.99. The van der Waals surface area contributed by atoms with Crippen LogP contribution < -0.4 is 0 Å². The summed E-state index contributed by atoms with van der Waals surface area (Å²) in [5.41, 5.74) is 2.61. The van der Waals surface area contributed by atoms with Crippen molar-refractivity contribution in [1.29, 1.82) is 0 Å². The van der Waals surface area contributed by atoms with Crippen LogP contribution in [0.25, 0.3) is 0 Å². The molecule has 0 saturated heterocycles. The normalized spacial score (nSPS) is 46.5. The molecule has 4 aliphatic carbocycles. The van der Waals surface area contributed by atoms with Gasteiger partial charge in [-0.05, 0) is 97.7 Å². The Labute approximate surface area is 174 Å². The Balaban J connectivity index is 1.48. The Morgan fingerprint density at radius 1 is 0.964 bits per heavy atom. The van der Waals surface area contributed by atoms with Gasteiger partial charge in [-0.2, -0.15) is 0 Å². The molecule has 4 aliphatic rings. The summed E-state index contributed by atoms with van der Waals surface area (Å²) in [7, 11) is 0. The van der Waals surface area contributed by atoms with Gasteiger partial charge in [-0.3, -0.25) is 0 Å². The largest absolute Gasteiger partial charge is 0.389 e. The van der Waals surface area contributed by atoms with Crippen LogP contribution in [0, 0.1) is 46.3 Å². The van der Waals surface area contributed by atoms with Crippen molar-refractivity contribution in [2.24, 2.45) is 46.3 Å². The number of rotatable bonds is 5. The van der Waals surface area contributed by atoms with E-state index in [1.54, 1.807) is 5.57 Å². The molecule has 1 N–H and O–H groups in total. The number of allylic oxidation sites excluding steroid dienone is 1. The maximum atomic E-state index is 10.2. The Kier molecular flexibility index (Phi) is 5.80. The molecular weight excluding hydrogens is 340 g/mol. The Bertz CT molecular complexity index is 591. The highest BCUT2D eigenvalue weighted by Gasteiger charge is 2.59. The number of aliphatic hydroxyl groups is 1. The van der Waals surface area contributed by atoms with Crippen LogP contribution >= 0.6 is 0 Å².